The lowest BCUT2D eigenvalue weighted by Gasteiger charge is -2.05. The van der Waals surface area contributed by atoms with E-state index in [2.05, 4.69) is 4.98 Å². The molecule has 0 atom stereocenters. The third-order valence-corrected chi connectivity index (χ3v) is 2.94. The van der Waals surface area contributed by atoms with Gasteiger partial charge < -0.3 is 4.74 Å². The molecule has 16 heavy (non-hydrogen) atoms. The highest BCUT2D eigenvalue weighted by Crippen LogP contribution is 2.26. The second-order valence-corrected chi connectivity index (χ2v) is 4.36. The lowest BCUT2D eigenvalue weighted by molar-refractivity contribution is 0.306. The predicted molar refractivity (Wildman–Crippen MR) is 62.6 cm³/mol. The van der Waals surface area contributed by atoms with E-state index >= 15 is 0 Å². The monoisotopic (exact) mass is 250 g/mol. The third kappa shape index (κ3) is 2.51. The molecule has 0 aliphatic heterocycles. The number of thiazole rings is 1. The number of nitrogens with zero attached hydrogens (tertiary/aromatic N) is 2. The quantitative estimate of drug-likeness (QED) is 0.840. The van der Waals surface area contributed by atoms with Gasteiger partial charge in [-0.25, -0.2) is 4.98 Å². The predicted octanol–water partition coefficient (Wildman–Crippen LogP) is 3.25. The fourth-order valence-electron chi connectivity index (χ4n) is 1.15. The molecule has 1 aromatic carbocycles. The van der Waals surface area contributed by atoms with Crippen LogP contribution in [0.15, 0.2) is 29.8 Å². The number of nitriles is 1. The van der Waals surface area contributed by atoms with E-state index in [0.29, 0.717) is 22.9 Å². The van der Waals surface area contributed by atoms with E-state index in [1.807, 2.05) is 11.4 Å². The Kier molecular flexibility index (Phi) is 3.40. The van der Waals surface area contributed by atoms with Gasteiger partial charge in [-0.2, -0.15) is 5.26 Å². The summed E-state index contributed by atoms with van der Waals surface area (Å²) in [6, 6.07) is 6.96. The molecule has 0 saturated heterocycles. The zero-order valence-corrected chi connectivity index (χ0v) is 9.76. The zero-order valence-electron chi connectivity index (χ0n) is 8.18. The summed E-state index contributed by atoms with van der Waals surface area (Å²) in [6.45, 7) is 0.392. The summed E-state index contributed by atoms with van der Waals surface area (Å²) in [6.07, 6.45) is 1.73. The van der Waals surface area contributed by atoms with Gasteiger partial charge in [-0.3, -0.25) is 0 Å². The average molecular weight is 251 g/mol. The summed E-state index contributed by atoms with van der Waals surface area (Å²) in [7, 11) is 0. The van der Waals surface area contributed by atoms with Crippen LogP contribution in [0.25, 0.3) is 0 Å². The molecule has 0 radical (unpaired) electrons. The van der Waals surface area contributed by atoms with Gasteiger partial charge in [-0.15, -0.1) is 11.3 Å². The van der Waals surface area contributed by atoms with Crippen LogP contribution in [0, 0.1) is 11.3 Å². The molecule has 1 aromatic heterocycles. The van der Waals surface area contributed by atoms with Crippen LogP contribution in [-0.2, 0) is 6.61 Å². The van der Waals surface area contributed by atoms with E-state index in [9.17, 15) is 0 Å². The van der Waals surface area contributed by atoms with Crippen LogP contribution in [0.4, 0.5) is 0 Å². The molecule has 0 bridgehead atoms. The first-order valence-corrected chi connectivity index (χ1v) is 5.76. The van der Waals surface area contributed by atoms with E-state index < -0.39 is 0 Å². The van der Waals surface area contributed by atoms with E-state index in [-0.39, 0.29) is 0 Å². The summed E-state index contributed by atoms with van der Waals surface area (Å²) in [5.41, 5.74) is 0.520. The smallest absolute Gasteiger partial charge is 0.140 e. The second kappa shape index (κ2) is 4.97. The minimum absolute atomic E-state index is 0.392. The molecule has 0 saturated carbocycles. The van der Waals surface area contributed by atoms with Crippen molar-refractivity contribution in [3.05, 3.63) is 45.4 Å². The van der Waals surface area contributed by atoms with Crippen LogP contribution in [0.3, 0.4) is 0 Å². The minimum atomic E-state index is 0.392. The Morgan fingerprint density at radius 3 is 3.00 bits per heavy atom. The Labute approximate surface area is 102 Å². The minimum Gasteiger partial charge on any atom is -0.485 e. The molecule has 2 rings (SSSR count). The molecule has 5 heteroatoms. The van der Waals surface area contributed by atoms with Crippen molar-refractivity contribution in [2.45, 2.75) is 6.61 Å². The van der Waals surface area contributed by atoms with Crippen LogP contribution >= 0.6 is 22.9 Å². The molecule has 2 aromatic rings. The Morgan fingerprint density at radius 1 is 1.50 bits per heavy atom. The highest BCUT2D eigenvalue weighted by molar-refractivity contribution is 7.09. The van der Waals surface area contributed by atoms with Gasteiger partial charge in [0, 0.05) is 11.6 Å². The molecule has 3 nitrogen and oxygen atoms in total. The second-order valence-electron chi connectivity index (χ2n) is 2.97. The molecule has 0 aliphatic carbocycles. The standard InChI is InChI=1S/C11H7ClN2OS/c12-9-5-8(6-13)1-2-10(9)15-7-11-14-3-4-16-11/h1-5H,7H2. The van der Waals surface area contributed by atoms with E-state index in [4.69, 9.17) is 21.6 Å². The molecule has 80 valence electrons. The number of ether oxygens (including phenoxy) is 1. The number of aromatic nitrogens is 1. The van der Waals surface area contributed by atoms with E-state index in [1.54, 1.807) is 24.4 Å². The number of hydrogen-bond acceptors (Lipinski definition) is 4. The highest BCUT2D eigenvalue weighted by Gasteiger charge is 2.04. The Bertz CT molecular complexity index is 519. The summed E-state index contributed by atoms with van der Waals surface area (Å²) in [5, 5.41) is 11.9. The Balaban J connectivity index is 2.08. The van der Waals surface area contributed by atoms with Crippen LogP contribution < -0.4 is 4.74 Å². The van der Waals surface area contributed by atoms with Crippen LogP contribution in [0.1, 0.15) is 10.6 Å². The lowest BCUT2D eigenvalue weighted by Crippen LogP contribution is -1.95. The first kappa shape index (κ1) is 10.9. The summed E-state index contributed by atoms with van der Waals surface area (Å²) in [4.78, 5) is 4.09. The van der Waals surface area contributed by atoms with E-state index in [1.165, 1.54) is 11.3 Å². The van der Waals surface area contributed by atoms with Crippen LogP contribution in [-0.4, -0.2) is 4.98 Å². The largest absolute Gasteiger partial charge is 0.485 e. The van der Waals surface area contributed by atoms with Gasteiger partial charge in [0.25, 0.3) is 0 Å². The van der Waals surface area contributed by atoms with Gasteiger partial charge in [0.2, 0.25) is 0 Å². The Hall–Kier alpha value is -1.57. The summed E-state index contributed by atoms with van der Waals surface area (Å²) < 4.78 is 5.49. The van der Waals surface area contributed by atoms with Gasteiger partial charge in [-0.05, 0) is 18.2 Å². The molecule has 0 unspecified atom stereocenters. The van der Waals surface area contributed by atoms with Gasteiger partial charge in [0.15, 0.2) is 0 Å². The SMILES string of the molecule is N#Cc1ccc(OCc2nccs2)c(Cl)c1. The number of rotatable bonds is 3. The maximum absolute atomic E-state index is 8.68. The van der Waals surface area contributed by atoms with Crippen LogP contribution in [0.5, 0.6) is 5.75 Å². The zero-order chi connectivity index (χ0) is 11.4. The number of benzene rings is 1. The molecule has 0 amide bonds. The highest BCUT2D eigenvalue weighted by atomic mass is 35.5. The number of halogens is 1. The van der Waals surface area contributed by atoms with Crippen molar-refractivity contribution in [3.8, 4) is 11.8 Å². The lowest BCUT2D eigenvalue weighted by atomic mass is 10.2. The first-order chi connectivity index (χ1) is 7.79. The summed E-state index contributed by atoms with van der Waals surface area (Å²) in [5.74, 6) is 0.566. The van der Waals surface area contributed by atoms with Crippen molar-refractivity contribution in [1.29, 1.82) is 5.26 Å². The molecule has 0 spiro atoms. The summed E-state index contributed by atoms with van der Waals surface area (Å²) >= 11 is 7.48. The molecule has 1 heterocycles. The van der Waals surface area contributed by atoms with Crippen molar-refractivity contribution in [2.24, 2.45) is 0 Å². The molecule has 0 N–H and O–H groups in total. The van der Waals surface area contributed by atoms with Crippen molar-refractivity contribution in [1.82, 2.24) is 4.98 Å². The van der Waals surface area contributed by atoms with Crippen LogP contribution in [0.2, 0.25) is 5.02 Å². The molecule has 0 fully saturated rings. The normalized spacial score (nSPS) is 9.75. The topological polar surface area (TPSA) is 45.9 Å². The van der Waals surface area contributed by atoms with Crippen molar-refractivity contribution < 1.29 is 4.74 Å². The van der Waals surface area contributed by atoms with Gasteiger partial charge in [-0.1, -0.05) is 11.6 Å². The molecular formula is C11H7ClN2OS. The third-order valence-electron chi connectivity index (χ3n) is 1.90. The van der Waals surface area contributed by atoms with E-state index in [0.717, 1.165) is 5.01 Å². The van der Waals surface area contributed by atoms with Gasteiger partial charge in [0.05, 0.1) is 16.7 Å². The first-order valence-electron chi connectivity index (χ1n) is 4.50. The van der Waals surface area contributed by atoms with Gasteiger partial charge >= 0.3 is 0 Å². The average Bonchev–Trinajstić information content (AvgIpc) is 2.80. The fraction of sp³-hybridized carbons (Fsp3) is 0.0909. The van der Waals surface area contributed by atoms with Crippen molar-refractivity contribution in [2.75, 3.05) is 0 Å². The molecule has 0 aliphatic rings. The van der Waals surface area contributed by atoms with Gasteiger partial charge in [0.1, 0.15) is 17.4 Å². The Morgan fingerprint density at radius 2 is 2.38 bits per heavy atom. The maximum Gasteiger partial charge on any atom is 0.140 e. The maximum atomic E-state index is 8.68. The number of hydrogen-bond donors (Lipinski definition) is 0. The fourth-order valence-corrected chi connectivity index (χ4v) is 1.91. The molecular weight excluding hydrogens is 244 g/mol. The van der Waals surface area contributed by atoms with Crippen molar-refractivity contribution in [3.63, 3.8) is 0 Å². The van der Waals surface area contributed by atoms with Crippen molar-refractivity contribution >= 4 is 22.9 Å².